The average molecular weight is 278 g/mol. The van der Waals surface area contributed by atoms with Gasteiger partial charge >= 0.3 is 0 Å². The molecule has 0 unspecified atom stereocenters. The molecule has 4 nitrogen and oxygen atoms in total. The quantitative estimate of drug-likeness (QED) is 0.679. The van der Waals surface area contributed by atoms with Gasteiger partial charge in [-0.2, -0.15) is 0 Å². The summed E-state index contributed by atoms with van der Waals surface area (Å²) < 4.78 is 0. The zero-order chi connectivity index (χ0) is 14.8. The number of hydrogen-bond donors (Lipinski definition) is 2. The van der Waals surface area contributed by atoms with Gasteiger partial charge in [0.15, 0.2) is 0 Å². The minimum atomic E-state index is 0.102. The fraction of sp³-hybridized carbons (Fsp3) is 0.562. The Labute approximate surface area is 121 Å². The first-order chi connectivity index (χ1) is 9.63. The molecule has 1 aromatic rings. The van der Waals surface area contributed by atoms with Crippen LogP contribution in [0.15, 0.2) is 24.3 Å². The predicted octanol–water partition coefficient (Wildman–Crippen LogP) is 1.96. The highest BCUT2D eigenvalue weighted by atomic mass is 16.2. The lowest BCUT2D eigenvalue weighted by Crippen LogP contribution is -2.24. The Morgan fingerprint density at radius 2 is 1.85 bits per heavy atom. The molecular weight excluding hydrogens is 252 g/mol. The minimum Gasteiger partial charge on any atom is -0.396 e. The van der Waals surface area contributed by atoms with E-state index in [4.69, 9.17) is 5.11 Å². The van der Waals surface area contributed by atoms with E-state index in [0.29, 0.717) is 13.0 Å². The summed E-state index contributed by atoms with van der Waals surface area (Å²) in [5.41, 5.74) is 2.35. The Morgan fingerprint density at radius 1 is 1.15 bits per heavy atom. The SMILES string of the molecule is CN(C)c1ccc(CCC(=O)NCCCCCO)cc1. The first-order valence-corrected chi connectivity index (χ1v) is 7.27. The number of aliphatic hydroxyl groups is 1. The molecule has 0 heterocycles. The van der Waals surface area contributed by atoms with Gasteiger partial charge in [0.1, 0.15) is 0 Å². The predicted molar refractivity (Wildman–Crippen MR) is 83.0 cm³/mol. The smallest absolute Gasteiger partial charge is 0.220 e. The van der Waals surface area contributed by atoms with Gasteiger partial charge in [0.25, 0.3) is 0 Å². The highest BCUT2D eigenvalue weighted by Crippen LogP contribution is 2.13. The lowest BCUT2D eigenvalue weighted by molar-refractivity contribution is -0.121. The van der Waals surface area contributed by atoms with Gasteiger partial charge in [-0.3, -0.25) is 4.79 Å². The van der Waals surface area contributed by atoms with Gasteiger partial charge < -0.3 is 15.3 Å². The normalized spacial score (nSPS) is 10.3. The lowest BCUT2D eigenvalue weighted by atomic mass is 10.1. The zero-order valence-corrected chi connectivity index (χ0v) is 12.6. The number of aliphatic hydroxyl groups excluding tert-OH is 1. The molecule has 0 saturated heterocycles. The van der Waals surface area contributed by atoms with Crippen LogP contribution in [-0.2, 0) is 11.2 Å². The van der Waals surface area contributed by atoms with E-state index < -0.39 is 0 Å². The molecule has 0 aliphatic rings. The number of nitrogens with one attached hydrogen (secondary N) is 1. The fourth-order valence-corrected chi connectivity index (χ4v) is 1.95. The van der Waals surface area contributed by atoms with Crippen molar-refractivity contribution < 1.29 is 9.90 Å². The van der Waals surface area contributed by atoms with Crippen molar-refractivity contribution in [3.8, 4) is 0 Å². The number of amides is 1. The molecule has 0 aliphatic carbocycles. The molecule has 0 aliphatic heterocycles. The van der Waals surface area contributed by atoms with E-state index in [0.717, 1.165) is 25.7 Å². The maximum Gasteiger partial charge on any atom is 0.220 e. The number of anilines is 1. The van der Waals surface area contributed by atoms with Crippen molar-refractivity contribution in [3.05, 3.63) is 29.8 Å². The number of carbonyl (C=O) groups is 1. The minimum absolute atomic E-state index is 0.102. The molecule has 0 atom stereocenters. The number of nitrogens with zero attached hydrogens (tertiary/aromatic N) is 1. The second-order valence-corrected chi connectivity index (χ2v) is 5.20. The van der Waals surface area contributed by atoms with Crippen molar-refractivity contribution in [1.29, 1.82) is 0 Å². The largest absolute Gasteiger partial charge is 0.396 e. The Bertz CT molecular complexity index is 388. The molecule has 20 heavy (non-hydrogen) atoms. The van der Waals surface area contributed by atoms with Gasteiger partial charge in [-0.1, -0.05) is 12.1 Å². The van der Waals surface area contributed by atoms with Crippen LogP contribution in [0.25, 0.3) is 0 Å². The first-order valence-electron chi connectivity index (χ1n) is 7.27. The van der Waals surface area contributed by atoms with Gasteiger partial charge in [0.2, 0.25) is 5.91 Å². The summed E-state index contributed by atoms with van der Waals surface area (Å²) in [5.74, 6) is 0.102. The standard InChI is InChI=1S/C16H26N2O2/c1-18(2)15-9-6-14(7-10-15)8-11-16(20)17-12-4-3-5-13-19/h6-7,9-10,19H,3-5,8,11-13H2,1-2H3,(H,17,20). The van der Waals surface area contributed by atoms with Crippen molar-refractivity contribution in [2.45, 2.75) is 32.1 Å². The average Bonchev–Trinajstić information content (AvgIpc) is 2.45. The molecule has 112 valence electrons. The maximum atomic E-state index is 11.7. The van der Waals surface area contributed by atoms with Gasteiger partial charge in [-0.15, -0.1) is 0 Å². The van der Waals surface area contributed by atoms with Gasteiger partial charge in [0, 0.05) is 39.4 Å². The summed E-state index contributed by atoms with van der Waals surface area (Å²) in [4.78, 5) is 13.7. The van der Waals surface area contributed by atoms with Crippen LogP contribution in [0.1, 0.15) is 31.2 Å². The van der Waals surface area contributed by atoms with E-state index in [1.54, 1.807) is 0 Å². The Hall–Kier alpha value is -1.55. The van der Waals surface area contributed by atoms with Crippen LogP contribution in [0, 0.1) is 0 Å². The molecule has 1 rings (SSSR count). The Kier molecular flexibility index (Phi) is 7.73. The summed E-state index contributed by atoms with van der Waals surface area (Å²) in [6, 6.07) is 8.29. The zero-order valence-electron chi connectivity index (χ0n) is 12.6. The molecule has 0 radical (unpaired) electrons. The molecule has 0 saturated carbocycles. The van der Waals surface area contributed by atoms with Crippen LogP contribution in [0.3, 0.4) is 0 Å². The number of hydrogen-bond acceptors (Lipinski definition) is 3. The van der Waals surface area contributed by atoms with Gasteiger partial charge in [-0.25, -0.2) is 0 Å². The van der Waals surface area contributed by atoms with Crippen LogP contribution in [-0.4, -0.2) is 38.3 Å². The van der Waals surface area contributed by atoms with Crippen LogP contribution in [0.2, 0.25) is 0 Å². The molecule has 2 N–H and O–H groups in total. The van der Waals surface area contributed by atoms with E-state index in [1.807, 2.05) is 14.1 Å². The van der Waals surface area contributed by atoms with Crippen LogP contribution < -0.4 is 10.2 Å². The van der Waals surface area contributed by atoms with E-state index in [2.05, 4.69) is 34.5 Å². The molecule has 1 aromatic carbocycles. The fourth-order valence-electron chi connectivity index (χ4n) is 1.95. The van der Waals surface area contributed by atoms with Crippen molar-refractivity contribution in [1.82, 2.24) is 5.32 Å². The maximum absolute atomic E-state index is 11.7. The van der Waals surface area contributed by atoms with Crippen LogP contribution >= 0.6 is 0 Å². The topological polar surface area (TPSA) is 52.6 Å². The molecular formula is C16H26N2O2. The highest BCUT2D eigenvalue weighted by Gasteiger charge is 2.02. The molecule has 0 bridgehead atoms. The summed E-state index contributed by atoms with van der Waals surface area (Å²) >= 11 is 0. The monoisotopic (exact) mass is 278 g/mol. The van der Waals surface area contributed by atoms with Gasteiger partial charge in [-0.05, 0) is 43.4 Å². The van der Waals surface area contributed by atoms with Crippen molar-refractivity contribution in [2.24, 2.45) is 0 Å². The van der Waals surface area contributed by atoms with E-state index in [9.17, 15) is 4.79 Å². The molecule has 4 heteroatoms. The number of aryl methyl sites for hydroxylation is 1. The number of benzene rings is 1. The third-order valence-electron chi connectivity index (χ3n) is 3.25. The second-order valence-electron chi connectivity index (χ2n) is 5.20. The van der Waals surface area contributed by atoms with E-state index >= 15 is 0 Å². The highest BCUT2D eigenvalue weighted by molar-refractivity contribution is 5.76. The van der Waals surface area contributed by atoms with Gasteiger partial charge in [0.05, 0.1) is 0 Å². The summed E-state index contributed by atoms with van der Waals surface area (Å²) in [5, 5.41) is 11.6. The number of carbonyl (C=O) groups excluding carboxylic acids is 1. The third-order valence-corrected chi connectivity index (χ3v) is 3.25. The molecule has 0 aromatic heterocycles. The molecule has 0 spiro atoms. The summed E-state index contributed by atoms with van der Waals surface area (Å²) in [6.07, 6.45) is 4.01. The first kappa shape index (κ1) is 16.5. The lowest BCUT2D eigenvalue weighted by Gasteiger charge is -2.12. The number of unbranched alkanes of at least 4 members (excludes halogenated alkanes) is 2. The van der Waals surface area contributed by atoms with Crippen molar-refractivity contribution in [2.75, 3.05) is 32.1 Å². The summed E-state index contributed by atoms with van der Waals surface area (Å²) in [7, 11) is 4.03. The van der Waals surface area contributed by atoms with Crippen LogP contribution in [0.5, 0.6) is 0 Å². The third kappa shape index (κ3) is 6.57. The van der Waals surface area contributed by atoms with Crippen LogP contribution in [0.4, 0.5) is 5.69 Å². The van der Waals surface area contributed by atoms with E-state index in [-0.39, 0.29) is 12.5 Å². The number of rotatable bonds is 9. The molecule has 0 fully saturated rings. The second kappa shape index (κ2) is 9.37. The van der Waals surface area contributed by atoms with E-state index in [1.165, 1.54) is 11.3 Å². The summed E-state index contributed by atoms with van der Waals surface area (Å²) in [6.45, 7) is 0.940. The van der Waals surface area contributed by atoms with Crippen molar-refractivity contribution in [3.63, 3.8) is 0 Å². The Morgan fingerprint density at radius 3 is 2.45 bits per heavy atom. The van der Waals surface area contributed by atoms with Crippen molar-refractivity contribution >= 4 is 11.6 Å². The molecule has 1 amide bonds. The Balaban J connectivity index is 2.20.